The number of nitrogens with zero attached hydrogens (tertiary/aromatic N) is 10. The minimum atomic E-state index is 0.494. The lowest BCUT2D eigenvalue weighted by molar-refractivity contribution is 0.0408. The van der Waals surface area contributed by atoms with Crippen molar-refractivity contribution in [1.82, 2.24) is 49.0 Å². The Labute approximate surface area is 771 Å². The molecule has 124 heavy (non-hydrogen) atoms. The summed E-state index contributed by atoms with van der Waals surface area (Å²) in [6.07, 6.45) is 16.8. The van der Waals surface area contributed by atoms with Gasteiger partial charge in [-0.2, -0.15) is 0 Å². The summed E-state index contributed by atoms with van der Waals surface area (Å²) in [5, 5.41) is 0. The van der Waals surface area contributed by atoms with Gasteiger partial charge in [0.2, 0.25) is 0 Å². The van der Waals surface area contributed by atoms with E-state index < -0.39 is 0 Å². The summed E-state index contributed by atoms with van der Waals surface area (Å²) in [5.41, 5.74) is 14.4. The van der Waals surface area contributed by atoms with Gasteiger partial charge in [-0.15, -0.1) is 0 Å². The average molecular weight is 1710 g/mol. The van der Waals surface area contributed by atoms with Gasteiger partial charge in [-0.3, -0.25) is 19.8 Å². The van der Waals surface area contributed by atoms with Gasteiger partial charge in [0.05, 0.1) is 11.0 Å². The maximum absolute atomic E-state index is 4.74. The van der Waals surface area contributed by atoms with E-state index in [0.29, 0.717) is 35.5 Å². The molecule has 9 heterocycles. The molecule has 5 aliphatic heterocycles. The lowest BCUT2D eigenvalue weighted by Gasteiger charge is -2.44. The minimum Gasteiger partial charge on any atom is -0.346 e. The molecular formula is C114H204N10. The normalized spacial score (nSPS) is 18.1. The van der Waals surface area contributed by atoms with Crippen LogP contribution in [0, 0.1) is 76.9 Å². The molecule has 6 aromatic rings. The highest BCUT2D eigenvalue weighted by molar-refractivity contribution is 5.77. The van der Waals surface area contributed by atoms with Gasteiger partial charge in [0.15, 0.2) is 0 Å². The van der Waals surface area contributed by atoms with Crippen LogP contribution in [0.3, 0.4) is 0 Å². The van der Waals surface area contributed by atoms with Gasteiger partial charge in [0, 0.05) is 123 Å². The summed E-state index contributed by atoms with van der Waals surface area (Å²) in [5.74, 6) is 14.8. The van der Waals surface area contributed by atoms with E-state index in [4.69, 9.17) is 4.98 Å². The topological polar surface area (TPSA) is 72.2 Å². The SMILES string of the molecule is CC(C)C1CCN(C(C)C)C1.CC(C)C1CCN(C(C)C)CC1.CC(C)C1CN(C(C)C)C1.CC(C)C1CN1C(C)C.CC(C)CC1CN1C(C)C.CC(C)CCc1cccc(C(C)C)c1.CC(C)CCc1cccc(C(C)C)n1.CC(C)CCc1nccc(C(C)C)n1.CC(C)Cc1cc2nc(C(C)C)ccc2n1C.CC(C)Cc1ccc(C(C)C)cc1. The fraction of sp³-hybridized carbons (Fsp3) is 0.754. The summed E-state index contributed by atoms with van der Waals surface area (Å²) in [6, 6.07) is 38.6. The minimum absolute atomic E-state index is 0.494. The molecule has 5 aliphatic rings. The Kier molecular flexibility index (Phi) is 55.9. The molecule has 5 fully saturated rings. The lowest BCUT2D eigenvalue weighted by atomic mass is 9.86. The standard InChI is InChI=1S/C15H22N2.C14H22.C13H21N.C13H20.C12H20N2.C11H23N.C10H21N.2C9H19N.C8H17N/c1-10(2)8-12-9-14-15(17(12)5)7-6-13(16-14)11(3)4;1-11(2)8-9-13-6-5-7-14(10-13)12(3)4;1-10(2)8-9-12-6-5-7-13(14-12)11(3)4;1-10(2)9-12-5-7-13(8-6-12)11(3)4;1-9(2)5-6-12-13-8-7-11(14-12)10(3)4;1-9(2)11-5-7-12(8-6-11)10(3)4;1-8(2)10-5-6-11(7-10)9(3)4;1-7(2)9-5-10(6-9)8(3)4;1-7(2)5-9-6-10(9)8(3)4;1-6(2)8-5-9(8)7(3)4/h6-7,9-11H,8H2,1-5H3;5-7,10-12H,8-9H2,1-4H3;5-7,10-11H,8-9H2,1-4H3;5-8,10-11H,9H2,1-4H3;7-10H,5-6H2,1-4H3;9-11H,5-8H2,1-4H3;8-10H,5-7H2,1-4H3;2*7-9H,5-6H2,1-4H3;6-8H,5H2,1-4H3. The van der Waals surface area contributed by atoms with Crippen LogP contribution >= 0.6 is 0 Å². The zero-order chi connectivity index (χ0) is 94.1. The molecule has 10 heteroatoms. The van der Waals surface area contributed by atoms with E-state index >= 15 is 0 Å². The monoisotopic (exact) mass is 1710 g/mol. The number of aromatic nitrogens is 5. The number of hydrogen-bond acceptors (Lipinski definition) is 9. The molecule has 5 unspecified atom stereocenters. The van der Waals surface area contributed by atoms with Crippen molar-refractivity contribution >= 4 is 11.0 Å². The molecule has 4 aromatic heterocycles. The first-order valence-corrected chi connectivity index (χ1v) is 51.1. The number of likely N-dealkylation sites (tertiary alicyclic amines) is 3. The fourth-order valence-corrected chi connectivity index (χ4v) is 16.2. The van der Waals surface area contributed by atoms with Gasteiger partial charge in [0.25, 0.3) is 0 Å². The number of aryl methyl sites for hydroxylation is 4. The molecule has 0 N–H and O–H groups in total. The smallest absolute Gasteiger partial charge is 0.128 e. The maximum Gasteiger partial charge on any atom is 0.128 e. The molecule has 0 radical (unpaired) electrons. The van der Waals surface area contributed by atoms with Gasteiger partial charge in [-0.25, -0.2) is 9.97 Å². The Bertz CT molecular complexity index is 3450. The predicted octanol–water partition coefficient (Wildman–Crippen LogP) is 30.3. The molecule has 0 saturated carbocycles. The van der Waals surface area contributed by atoms with Crippen molar-refractivity contribution in [2.24, 2.45) is 84.0 Å². The third-order valence-corrected chi connectivity index (χ3v) is 25.9. The van der Waals surface area contributed by atoms with E-state index in [0.717, 1.165) is 150 Å². The van der Waals surface area contributed by atoms with Crippen LogP contribution in [-0.4, -0.2) is 144 Å². The van der Waals surface area contributed by atoms with Gasteiger partial charge in [0.1, 0.15) is 5.82 Å². The quantitative estimate of drug-likeness (QED) is 0.0427. The number of pyridine rings is 2. The van der Waals surface area contributed by atoms with E-state index in [2.05, 4.69) is 413 Å². The van der Waals surface area contributed by atoms with Crippen LogP contribution in [0.15, 0.2) is 97.2 Å². The number of rotatable bonds is 29. The Balaban J connectivity index is 0.000000469. The third kappa shape index (κ3) is 47.6. The Morgan fingerprint density at radius 2 is 0.815 bits per heavy atom. The van der Waals surface area contributed by atoms with Crippen molar-refractivity contribution in [1.29, 1.82) is 0 Å². The van der Waals surface area contributed by atoms with Crippen LogP contribution < -0.4 is 0 Å². The van der Waals surface area contributed by atoms with Crippen molar-refractivity contribution in [3.63, 3.8) is 0 Å². The predicted molar refractivity (Wildman–Crippen MR) is 551 cm³/mol. The van der Waals surface area contributed by atoms with Crippen LogP contribution in [0.1, 0.15) is 408 Å². The Morgan fingerprint density at radius 3 is 1.24 bits per heavy atom. The number of hydrogen-bond donors (Lipinski definition) is 0. The van der Waals surface area contributed by atoms with Crippen LogP contribution in [0.2, 0.25) is 0 Å². The van der Waals surface area contributed by atoms with Crippen LogP contribution in [0.4, 0.5) is 0 Å². The van der Waals surface area contributed by atoms with Crippen molar-refractivity contribution in [3.05, 3.63) is 154 Å². The molecule has 5 saturated heterocycles. The van der Waals surface area contributed by atoms with Gasteiger partial charge in [-0.1, -0.05) is 262 Å². The highest BCUT2D eigenvalue weighted by Gasteiger charge is 2.38. The van der Waals surface area contributed by atoms with Crippen LogP contribution in [0.25, 0.3) is 11.0 Å². The molecule has 5 atom stereocenters. The summed E-state index contributed by atoms with van der Waals surface area (Å²) < 4.78 is 2.27. The van der Waals surface area contributed by atoms with Crippen molar-refractivity contribution in [3.8, 4) is 0 Å². The molecular weight excluding hydrogens is 1510 g/mol. The van der Waals surface area contributed by atoms with Crippen molar-refractivity contribution in [2.45, 2.75) is 426 Å². The first-order chi connectivity index (χ1) is 57.9. The van der Waals surface area contributed by atoms with E-state index in [1.165, 1.54) is 161 Å². The number of benzene rings is 2. The molecule has 0 spiro atoms. The molecule has 710 valence electrons. The van der Waals surface area contributed by atoms with Crippen LogP contribution in [-0.2, 0) is 39.2 Å². The van der Waals surface area contributed by atoms with Gasteiger partial charge in [-0.05, 0) is 325 Å². The average Bonchev–Trinajstić information content (AvgIpc) is 1.65. The molecule has 0 bridgehead atoms. The zero-order valence-corrected chi connectivity index (χ0v) is 89.3. The molecule has 2 aromatic carbocycles. The second-order valence-electron chi connectivity index (χ2n) is 44.9. The first kappa shape index (κ1) is 115. The second-order valence-corrected chi connectivity index (χ2v) is 44.9. The molecule has 10 nitrogen and oxygen atoms in total. The zero-order valence-electron chi connectivity index (χ0n) is 89.3. The summed E-state index contributed by atoms with van der Waals surface area (Å²) >= 11 is 0. The van der Waals surface area contributed by atoms with Crippen molar-refractivity contribution in [2.75, 3.05) is 52.4 Å². The largest absolute Gasteiger partial charge is 0.346 e. The van der Waals surface area contributed by atoms with Gasteiger partial charge < -0.3 is 19.3 Å². The van der Waals surface area contributed by atoms with E-state index in [-0.39, 0.29) is 0 Å². The highest BCUT2D eigenvalue weighted by atomic mass is 15.3. The van der Waals surface area contributed by atoms with E-state index in [9.17, 15) is 0 Å². The highest BCUT2D eigenvalue weighted by Crippen LogP contribution is 2.32. The third-order valence-electron chi connectivity index (χ3n) is 25.9. The number of piperidine rings is 1. The van der Waals surface area contributed by atoms with Crippen LogP contribution in [0.5, 0.6) is 0 Å². The Morgan fingerprint density at radius 1 is 0.339 bits per heavy atom. The molecule has 0 aliphatic carbocycles. The Hall–Kier alpha value is -4.84. The molecule has 11 rings (SSSR count). The van der Waals surface area contributed by atoms with E-state index in [1.807, 2.05) is 12.3 Å². The van der Waals surface area contributed by atoms with Gasteiger partial charge >= 0.3 is 0 Å². The lowest BCUT2D eigenvalue weighted by Crippen LogP contribution is -2.51. The maximum atomic E-state index is 4.74. The fourth-order valence-electron chi connectivity index (χ4n) is 16.2. The van der Waals surface area contributed by atoms with Crippen molar-refractivity contribution < 1.29 is 0 Å². The summed E-state index contributed by atoms with van der Waals surface area (Å²) in [7, 11) is 2.14. The van der Waals surface area contributed by atoms with E-state index in [1.54, 1.807) is 0 Å². The summed E-state index contributed by atoms with van der Waals surface area (Å²) in [4.78, 5) is 31.0. The number of fused-ring (bicyclic) bond motifs is 1. The second kappa shape index (κ2) is 60.2. The first-order valence-electron chi connectivity index (χ1n) is 51.1. The summed E-state index contributed by atoms with van der Waals surface area (Å²) in [6.45, 7) is 101. The molecule has 0 amide bonds.